The Hall–Kier alpha value is -2.13. The minimum atomic E-state index is -1.49. The van der Waals surface area contributed by atoms with Crippen molar-refractivity contribution < 1.29 is 29.2 Å². The molecule has 0 amide bonds. The largest absolute Gasteiger partial charge is 0.387 e. The zero-order valence-electron chi connectivity index (χ0n) is 16.9. The third-order valence-corrected chi connectivity index (χ3v) is 7.27. The van der Waals surface area contributed by atoms with Crippen LogP contribution in [0.5, 0.6) is 0 Å². The molecule has 5 nitrogen and oxygen atoms in total. The minimum Gasteiger partial charge on any atom is -0.387 e. The summed E-state index contributed by atoms with van der Waals surface area (Å²) in [5.41, 5.74) is 3.71. The Balaban J connectivity index is 1.43. The van der Waals surface area contributed by atoms with Gasteiger partial charge < -0.3 is 24.8 Å². The van der Waals surface area contributed by atoms with Crippen molar-refractivity contribution in [3.05, 3.63) is 82.0 Å². The first-order valence-corrected chi connectivity index (χ1v) is 11.0. The molecule has 5 atom stereocenters. The maximum absolute atomic E-state index is 13.2. The van der Waals surface area contributed by atoms with Gasteiger partial charge in [0.2, 0.25) is 5.79 Å². The molecule has 1 aromatic heterocycles. The van der Waals surface area contributed by atoms with Crippen molar-refractivity contribution in [2.24, 2.45) is 0 Å². The van der Waals surface area contributed by atoms with Crippen molar-refractivity contribution in [2.45, 2.75) is 43.5 Å². The number of aliphatic hydroxyl groups is 3. The first-order chi connectivity index (χ1) is 14.9. The quantitative estimate of drug-likeness (QED) is 0.579. The molecule has 2 bridgehead atoms. The van der Waals surface area contributed by atoms with E-state index in [9.17, 15) is 19.7 Å². The SMILES string of the molecule is Cc1ccc(C23OCC(O2)[C@@H](O)[C@H](O)[C@H]3O)cc1Cc1ccc(-c2ccc(F)cc2)s1. The maximum atomic E-state index is 13.2. The third-order valence-electron chi connectivity index (χ3n) is 6.14. The summed E-state index contributed by atoms with van der Waals surface area (Å²) < 4.78 is 24.9. The highest BCUT2D eigenvalue weighted by molar-refractivity contribution is 7.15. The predicted molar refractivity (Wildman–Crippen MR) is 114 cm³/mol. The number of hydrogen-bond acceptors (Lipinski definition) is 6. The van der Waals surface area contributed by atoms with Crippen molar-refractivity contribution >= 4 is 11.3 Å². The molecule has 31 heavy (non-hydrogen) atoms. The molecule has 3 aromatic rings. The summed E-state index contributed by atoms with van der Waals surface area (Å²) in [7, 11) is 0. The molecule has 2 aliphatic heterocycles. The van der Waals surface area contributed by atoms with Crippen molar-refractivity contribution in [3.8, 4) is 10.4 Å². The number of hydrogen-bond donors (Lipinski definition) is 3. The molecular formula is C24H23FO5S. The average Bonchev–Trinajstić information content (AvgIpc) is 3.40. The number of fused-ring (bicyclic) bond motifs is 2. The molecule has 2 fully saturated rings. The Labute approximate surface area is 183 Å². The number of rotatable bonds is 4. The average molecular weight is 443 g/mol. The number of halogens is 1. The fraction of sp³-hybridized carbons (Fsp3) is 0.333. The second kappa shape index (κ2) is 7.78. The summed E-state index contributed by atoms with van der Waals surface area (Å²) >= 11 is 1.64. The Bertz CT molecular complexity index is 1100. The second-order valence-electron chi connectivity index (χ2n) is 8.15. The van der Waals surface area contributed by atoms with Crippen LogP contribution in [0.1, 0.15) is 21.6 Å². The van der Waals surface area contributed by atoms with E-state index in [2.05, 4.69) is 6.07 Å². The van der Waals surface area contributed by atoms with Crippen LogP contribution in [0.15, 0.2) is 54.6 Å². The van der Waals surface area contributed by atoms with Crippen molar-refractivity contribution in [2.75, 3.05) is 6.61 Å². The molecule has 3 heterocycles. The maximum Gasteiger partial charge on any atom is 0.225 e. The van der Waals surface area contributed by atoms with Gasteiger partial charge >= 0.3 is 0 Å². The number of thiophene rings is 1. The smallest absolute Gasteiger partial charge is 0.225 e. The van der Waals surface area contributed by atoms with Gasteiger partial charge in [0.05, 0.1) is 6.61 Å². The van der Waals surface area contributed by atoms with Crippen molar-refractivity contribution in [1.29, 1.82) is 0 Å². The van der Waals surface area contributed by atoms with Crippen LogP contribution in [0.2, 0.25) is 0 Å². The van der Waals surface area contributed by atoms with Gasteiger partial charge in [0.25, 0.3) is 0 Å². The van der Waals surface area contributed by atoms with E-state index in [1.165, 1.54) is 12.1 Å². The predicted octanol–water partition coefficient (Wildman–Crippen LogP) is 3.12. The van der Waals surface area contributed by atoms with Crippen molar-refractivity contribution in [1.82, 2.24) is 0 Å². The molecule has 5 rings (SSSR count). The monoisotopic (exact) mass is 442 g/mol. The summed E-state index contributed by atoms with van der Waals surface area (Å²) in [5, 5.41) is 31.0. The highest BCUT2D eigenvalue weighted by Crippen LogP contribution is 2.45. The second-order valence-corrected chi connectivity index (χ2v) is 9.32. The highest BCUT2D eigenvalue weighted by Gasteiger charge is 2.60. The van der Waals surface area contributed by atoms with E-state index in [0.717, 1.165) is 26.4 Å². The number of benzene rings is 2. The Morgan fingerprint density at radius 2 is 1.81 bits per heavy atom. The molecule has 0 aliphatic carbocycles. The van der Waals surface area contributed by atoms with Crippen LogP contribution in [0.3, 0.4) is 0 Å². The minimum absolute atomic E-state index is 0.102. The molecule has 0 spiro atoms. The fourth-order valence-electron chi connectivity index (χ4n) is 4.28. The molecule has 2 aromatic carbocycles. The van der Waals surface area contributed by atoms with Crippen LogP contribution in [0, 0.1) is 12.7 Å². The molecule has 162 valence electrons. The molecular weight excluding hydrogens is 419 g/mol. The Kier molecular flexibility index (Phi) is 5.21. The van der Waals surface area contributed by atoms with E-state index in [1.54, 1.807) is 23.5 Å². The molecule has 2 aliphatic rings. The summed E-state index contributed by atoms with van der Waals surface area (Å²) in [6.45, 7) is 2.12. The summed E-state index contributed by atoms with van der Waals surface area (Å²) in [4.78, 5) is 2.20. The molecule has 7 heteroatoms. The van der Waals surface area contributed by atoms with E-state index in [1.807, 2.05) is 31.2 Å². The number of ether oxygens (including phenoxy) is 2. The lowest BCUT2D eigenvalue weighted by molar-refractivity contribution is -0.302. The van der Waals surface area contributed by atoms with Gasteiger partial charge in [0.15, 0.2) is 0 Å². The van der Waals surface area contributed by atoms with Crippen LogP contribution < -0.4 is 0 Å². The molecule has 2 unspecified atom stereocenters. The Morgan fingerprint density at radius 3 is 2.58 bits per heavy atom. The third kappa shape index (κ3) is 3.51. The van der Waals surface area contributed by atoms with E-state index >= 15 is 0 Å². The molecule has 3 N–H and O–H groups in total. The van der Waals surface area contributed by atoms with Crippen LogP contribution in [-0.2, 0) is 21.7 Å². The first-order valence-electron chi connectivity index (χ1n) is 10.2. The van der Waals surface area contributed by atoms with Gasteiger partial charge in [-0.1, -0.05) is 24.3 Å². The topological polar surface area (TPSA) is 79.2 Å². The zero-order valence-corrected chi connectivity index (χ0v) is 17.7. The standard InChI is InChI=1S/C24H23FO5S/c1-13-2-5-16(24-23(28)22(27)21(26)19(30-24)12-29-24)10-15(13)11-18-8-9-20(31-18)14-3-6-17(25)7-4-14/h2-10,19,21-23,26-28H,11-12H2,1H3/t19?,21-,22+,23-,24?/m1/s1. The van der Waals surface area contributed by atoms with Crippen LogP contribution in [-0.4, -0.2) is 46.3 Å². The van der Waals surface area contributed by atoms with E-state index < -0.39 is 30.2 Å². The Morgan fingerprint density at radius 1 is 1.03 bits per heavy atom. The lowest BCUT2D eigenvalue weighted by Gasteiger charge is -2.41. The van der Waals surface area contributed by atoms with Crippen molar-refractivity contribution in [3.63, 3.8) is 0 Å². The van der Waals surface area contributed by atoms with Gasteiger partial charge in [-0.25, -0.2) is 4.39 Å². The first kappa shape index (κ1) is 20.8. The summed E-state index contributed by atoms with van der Waals surface area (Å²) in [6, 6.07) is 16.2. The summed E-state index contributed by atoms with van der Waals surface area (Å²) in [6.07, 6.45) is -3.94. The van der Waals surface area contributed by atoms with E-state index in [-0.39, 0.29) is 12.4 Å². The highest BCUT2D eigenvalue weighted by atomic mass is 32.1. The van der Waals surface area contributed by atoms with Gasteiger partial charge in [-0.15, -0.1) is 11.3 Å². The molecule has 2 saturated heterocycles. The van der Waals surface area contributed by atoms with Gasteiger partial charge in [-0.05, 0) is 53.9 Å². The van der Waals surface area contributed by atoms with Gasteiger partial charge in [0.1, 0.15) is 30.2 Å². The number of aliphatic hydroxyl groups excluding tert-OH is 3. The fourth-order valence-corrected chi connectivity index (χ4v) is 5.32. The zero-order chi connectivity index (χ0) is 21.8. The van der Waals surface area contributed by atoms with E-state index in [0.29, 0.717) is 12.0 Å². The lowest BCUT2D eigenvalue weighted by Crippen LogP contribution is -2.58. The molecule has 0 saturated carbocycles. The van der Waals surface area contributed by atoms with Gasteiger partial charge in [0, 0.05) is 21.7 Å². The number of aryl methyl sites for hydroxylation is 1. The van der Waals surface area contributed by atoms with Crippen LogP contribution >= 0.6 is 11.3 Å². The van der Waals surface area contributed by atoms with Crippen LogP contribution in [0.4, 0.5) is 4.39 Å². The lowest BCUT2D eigenvalue weighted by atomic mass is 9.88. The van der Waals surface area contributed by atoms with Crippen LogP contribution in [0.25, 0.3) is 10.4 Å². The summed E-state index contributed by atoms with van der Waals surface area (Å²) in [5.74, 6) is -1.74. The molecule has 0 radical (unpaired) electrons. The van der Waals surface area contributed by atoms with E-state index in [4.69, 9.17) is 9.47 Å². The van der Waals surface area contributed by atoms with Gasteiger partial charge in [-0.3, -0.25) is 0 Å². The van der Waals surface area contributed by atoms with Gasteiger partial charge in [-0.2, -0.15) is 0 Å². The normalized spacial score (nSPS) is 30.0.